The van der Waals surface area contributed by atoms with Gasteiger partial charge in [0.15, 0.2) is 0 Å². The molecule has 3 N–H and O–H groups in total. The molecule has 21 heavy (non-hydrogen) atoms. The largest absolute Gasteiger partial charge is 0.337 e. The quantitative estimate of drug-likeness (QED) is 0.839. The first kappa shape index (κ1) is 14.0. The van der Waals surface area contributed by atoms with E-state index >= 15 is 0 Å². The predicted octanol–water partition coefficient (Wildman–Crippen LogP) is 0.456. The molecule has 1 amide bonds. The van der Waals surface area contributed by atoms with E-state index in [1.54, 1.807) is 23.2 Å². The van der Waals surface area contributed by atoms with Crippen molar-refractivity contribution in [1.82, 2.24) is 15.1 Å². The number of fused-ring (bicyclic) bond motifs is 1. The standard InChI is InChI=1S/C13H16N4O3S/c14-21(19,20)11-2-1-5-17(8-11)13(18)9-3-4-10-7-15-16-12(10)6-9/h3-4,6-7,11H,1-2,5,8H2,(H,15,16)(H2,14,19,20). The molecule has 1 aliphatic heterocycles. The highest BCUT2D eigenvalue weighted by Gasteiger charge is 2.30. The molecule has 2 aromatic rings. The number of aromatic nitrogens is 2. The van der Waals surface area contributed by atoms with Gasteiger partial charge in [-0.3, -0.25) is 9.89 Å². The van der Waals surface area contributed by atoms with Crippen LogP contribution in [0.2, 0.25) is 0 Å². The lowest BCUT2D eigenvalue weighted by Crippen LogP contribution is -2.47. The van der Waals surface area contributed by atoms with E-state index in [1.807, 2.05) is 6.07 Å². The normalized spacial score (nSPS) is 19.9. The van der Waals surface area contributed by atoms with Gasteiger partial charge in [-0.25, -0.2) is 13.6 Å². The van der Waals surface area contributed by atoms with E-state index < -0.39 is 15.3 Å². The van der Waals surface area contributed by atoms with Crippen molar-refractivity contribution in [3.05, 3.63) is 30.0 Å². The van der Waals surface area contributed by atoms with Crippen LogP contribution in [0.4, 0.5) is 0 Å². The summed E-state index contributed by atoms with van der Waals surface area (Å²) >= 11 is 0. The molecule has 112 valence electrons. The molecule has 0 saturated carbocycles. The fourth-order valence-electron chi connectivity index (χ4n) is 2.64. The van der Waals surface area contributed by atoms with Crippen LogP contribution in [0.1, 0.15) is 23.2 Å². The lowest BCUT2D eigenvalue weighted by atomic mass is 10.1. The number of nitrogens with zero attached hydrogens (tertiary/aromatic N) is 2. The second kappa shape index (κ2) is 5.12. The van der Waals surface area contributed by atoms with E-state index in [0.29, 0.717) is 24.9 Å². The van der Waals surface area contributed by atoms with Gasteiger partial charge in [0.05, 0.1) is 17.0 Å². The molecule has 1 aromatic heterocycles. The van der Waals surface area contributed by atoms with Crippen molar-refractivity contribution in [3.8, 4) is 0 Å². The first-order valence-electron chi connectivity index (χ1n) is 6.69. The van der Waals surface area contributed by atoms with Crippen LogP contribution in [0, 0.1) is 0 Å². The molecular weight excluding hydrogens is 292 g/mol. The summed E-state index contributed by atoms with van der Waals surface area (Å²) in [6.45, 7) is 0.699. The van der Waals surface area contributed by atoms with Gasteiger partial charge in [-0.15, -0.1) is 0 Å². The summed E-state index contributed by atoms with van der Waals surface area (Å²) in [6.07, 6.45) is 2.82. The number of nitrogens with two attached hydrogens (primary N) is 1. The van der Waals surface area contributed by atoms with Crippen molar-refractivity contribution in [2.75, 3.05) is 13.1 Å². The minimum absolute atomic E-state index is 0.151. The number of carbonyl (C=O) groups is 1. The fourth-order valence-corrected chi connectivity index (χ4v) is 3.53. The first-order valence-corrected chi connectivity index (χ1v) is 8.30. The molecule has 7 nitrogen and oxygen atoms in total. The molecule has 0 spiro atoms. The molecule has 1 aliphatic rings. The van der Waals surface area contributed by atoms with Crippen LogP contribution in [-0.4, -0.2) is 47.8 Å². The number of rotatable bonds is 2. The highest BCUT2D eigenvalue weighted by atomic mass is 32.2. The highest BCUT2D eigenvalue weighted by Crippen LogP contribution is 2.19. The van der Waals surface area contributed by atoms with Crippen molar-refractivity contribution < 1.29 is 13.2 Å². The molecule has 1 fully saturated rings. The Hall–Kier alpha value is -1.93. The monoisotopic (exact) mass is 308 g/mol. The number of likely N-dealkylation sites (tertiary alicyclic amines) is 1. The molecule has 0 radical (unpaired) electrons. The SMILES string of the molecule is NS(=O)(=O)C1CCCN(C(=O)c2ccc3cn[nH]c3c2)C1. The molecule has 1 aromatic carbocycles. The molecule has 1 atom stereocenters. The maximum atomic E-state index is 12.5. The summed E-state index contributed by atoms with van der Waals surface area (Å²) in [7, 11) is -3.61. The zero-order chi connectivity index (χ0) is 15.0. The molecule has 3 rings (SSSR count). The molecule has 2 heterocycles. The van der Waals surface area contributed by atoms with Gasteiger partial charge in [-0.05, 0) is 25.0 Å². The fraction of sp³-hybridized carbons (Fsp3) is 0.385. The molecule has 1 saturated heterocycles. The Bertz CT molecular complexity index is 784. The second-order valence-corrected chi connectivity index (χ2v) is 7.12. The van der Waals surface area contributed by atoms with Crippen LogP contribution in [0.25, 0.3) is 10.9 Å². The molecule has 0 bridgehead atoms. The first-order chi connectivity index (χ1) is 9.95. The third-order valence-electron chi connectivity index (χ3n) is 3.82. The van der Waals surface area contributed by atoms with Crippen molar-refractivity contribution in [2.24, 2.45) is 5.14 Å². The minimum atomic E-state index is -3.61. The van der Waals surface area contributed by atoms with Gasteiger partial charge >= 0.3 is 0 Å². The zero-order valence-corrected chi connectivity index (χ0v) is 12.1. The summed E-state index contributed by atoms with van der Waals surface area (Å²) in [5.41, 5.74) is 1.29. The van der Waals surface area contributed by atoms with Crippen molar-refractivity contribution in [2.45, 2.75) is 18.1 Å². The van der Waals surface area contributed by atoms with Crippen molar-refractivity contribution in [3.63, 3.8) is 0 Å². The number of hydrogen-bond acceptors (Lipinski definition) is 4. The number of benzene rings is 1. The Morgan fingerprint density at radius 1 is 1.43 bits per heavy atom. The molecule has 0 aliphatic carbocycles. The smallest absolute Gasteiger partial charge is 0.253 e. The van der Waals surface area contributed by atoms with Gasteiger partial charge in [0.25, 0.3) is 5.91 Å². The number of primary sulfonamides is 1. The van der Waals surface area contributed by atoms with Crippen molar-refractivity contribution >= 4 is 26.8 Å². The maximum absolute atomic E-state index is 12.5. The predicted molar refractivity (Wildman–Crippen MR) is 78.1 cm³/mol. The van der Waals surface area contributed by atoms with Gasteiger partial charge in [0, 0.05) is 24.0 Å². The van der Waals surface area contributed by atoms with Gasteiger partial charge in [0.2, 0.25) is 10.0 Å². The van der Waals surface area contributed by atoms with Crippen LogP contribution in [-0.2, 0) is 10.0 Å². The van der Waals surface area contributed by atoms with Crippen LogP contribution in [0.3, 0.4) is 0 Å². The average Bonchev–Trinajstić information content (AvgIpc) is 2.93. The number of nitrogens with one attached hydrogen (secondary N) is 1. The number of hydrogen-bond donors (Lipinski definition) is 2. The van der Waals surface area contributed by atoms with Crippen LogP contribution in [0.15, 0.2) is 24.4 Å². The van der Waals surface area contributed by atoms with E-state index in [2.05, 4.69) is 10.2 Å². The summed E-state index contributed by atoms with van der Waals surface area (Å²) in [5.74, 6) is -0.181. The molecule has 1 unspecified atom stereocenters. The Balaban J connectivity index is 1.83. The van der Waals surface area contributed by atoms with E-state index in [0.717, 1.165) is 10.9 Å². The number of carbonyl (C=O) groups excluding carboxylic acids is 1. The second-order valence-electron chi connectivity index (χ2n) is 5.28. The van der Waals surface area contributed by atoms with E-state index in [4.69, 9.17) is 5.14 Å². The van der Waals surface area contributed by atoms with E-state index in [9.17, 15) is 13.2 Å². The van der Waals surface area contributed by atoms with Gasteiger partial charge in [0.1, 0.15) is 0 Å². The van der Waals surface area contributed by atoms with E-state index in [-0.39, 0.29) is 12.5 Å². The van der Waals surface area contributed by atoms with Crippen LogP contribution < -0.4 is 5.14 Å². The third-order valence-corrected chi connectivity index (χ3v) is 5.13. The number of H-pyrrole nitrogens is 1. The topological polar surface area (TPSA) is 109 Å². The highest BCUT2D eigenvalue weighted by molar-refractivity contribution is 7.89. The lowest BCUT2D eigenvalue weighted by Gasteiger charge is -2.31. The number of sulfonamides is 1. The zero-order valence-electron chi connectivity index (χ0n) is 11.3. The van der Waals surface area contributed by atoms with Gasteiger partial charge < -0.3 is 4.90 Å². The average molecular weight is 308 g/mol. The lowest BCUT2D eigenvalue weighted by molar-refractivity contribution is 0.0727. The summed E-state index contributed by atoms with van der Waals surface area (Å²) in [4.78, 5) is 14.0. The number of amides is 1. The maximum Gasteiger partial charge on any atom is 0.253 e. The number of piperidine rings is 1. The third kappa shape index (κ3) is 2.77. The van der Waals surface area contributed by atoms with Crippen molar-refractivity contribution in [1.29, 1.82) is 0 Å². The number of aromatic amines is 1. The Morgan fingerprint density at radius 3 is 3.00 bits per heavy atom. The molecule has 8 heteroatoms. The van der Waals surface area contributed by atoms with Gasteiger partial charge in [-0.1, -0.05) is 6.07 Å². The Labute approximate surface area is 122 Å². The summed E-state index contributed by atoms with van der Waals surface area (Å²) in [5, 5.41) is 12.2. The van der Waals surface area contributed by atoms with Crippen LogP contribution >= 0.6 is 0 Å². The Kier molecular flexibility index (Phi) is 3.42. The van der Waals surface area contributed by atoms with Crippen LogP contribution in [0.5, 0.6) is 0 Å². The minimum Gasteiger partial charge on any atom is -0.337 e. The summed E-state index contributed by atoms with van der Waals surface area (Å²) < 4.78 is 22.9. The Morgan fingerprint density at radius 2 is 2.24 bits per heavy atom. The molecular formula is C13H16N4O3S. The van der Waals surface area contributed by atoms with E-state index in [1.165, 1.54) is 0 Å². The van der Waals surface area contributed by atoms with Gasteiger partial charge in [-0.2, -0.15) is 5.10 Å². The summed E-state index contributed by atoms with van der Waals surface area (Å²) in [6, 6.07) is 5.26.